The number of piperazine rings is 1. The zero-order valence-corrected chi connectivity index (χ0v) is 27.3. The summed E-state index contributed by atoms with van der Waals surface area (Å²) < 4.78 is 67.7. The van der Waals surface area contributed by atoms with Crippen molar-refractivity contribution in [3.8, 4) is 28.3 Å². The molecule has 2 aliphatic heterocycles. The van der Waals surface area contributed by atoms with Gasteiger partial charge in [0.1, 0.15) is 35.1 Å². The van der Waals surface area contributed by atoms with E-state index in [1.165, 1.54) is 24.1 Å². The summed E-state index contributed by atoms with van der Waals surface area (Å²) in [6.45, 7) is 11.1. The zero-order valence-electron chi connectivity index (χ0n) is 27.3. The average molecular weight is 652 g/mol. The van der Waals surface area contributed by atoms with Gasteiger partial charge in [0, 0.05) is 25.8 Å². The number of hydrogen-bond acceptors (Lipinski definition) is 8. The average Bonchev–Trinajstić information content (AvgIpc) is 3.16. The molecule has 0 unspecified atom stereocenters. The van der Waals surface area contributed by atoms with Crippen LogP contribution in [0.25, 0.3) is 27.7 Å². The minimum absolute atomic E-state index is 0.0000719. The molecule has 248 valence electrons. The fourth-order valence-corrected chi connectivity index (χ4v) is 6.29. The molecule has 0 aliphatic carbocycles. The van der Waals surface area contributed by atoms with Gasteiger partial charge in [-0.3, -0.25) is 9.55 Å². The lowest BCUT2D eigenvalue weighted by atomic mass is 9.98. The molecule has 47 heavy (non-hydrogen) atoms. The molecule has 1 fully saturated rings. The third-order valence-electron chi connectivity index (χ3n) is 8.35. The van der Waals surface area contributed by atoms with Gasteiger partial charge >= 0.3 is 11.8 Å². The second-order valence-electron chi connectivity index (χ2n) is 13.0. The molecule has 4 heterocycles. The maximum absolute atomic E-state index is 17.3. The van der Waals surface area contributed by atoms with Crippen molar-refractivity contribution in [1.82, 2.24) is 19.4 Å². The first kappa shape index (κ1) is 32.1. The van der Waals surface area contributed by atoms with E-state index in [0.717, 1.165) is 10.6 Å². The molecule has 0 bridgehead atoms. The van der Waals surface area contributed by atoms with E-state index >= 15 is 13.2 Å². The number of anilines is 1. The van der Waals surface area contributed by atoms with Crippen molar-refractivity contribution < 1.29 is 32.2 Å². The van der Waals surface area contributed by atoms with E-state index in [0.29, 0.717) is 11.3 Å². The predicted molar refractivity (Wildman–Crippen MR) is 170 cm³/mol. The first-order chi connectivity index (χ1) is 22.2. The Morgan fingerprint density at radius 3 is 2.51 bits per heavy atom. The molecular weight excluding hydrogens is 615 g/mol. The van der Waals surface area contributed by atoms with Gasteiger partial charge in [-0.15, -0.1) is 0 Å². The molecule has 2 aromatic heterocycles. The third-order valence-corrected chi connectivity index (χ3v) is 8.35. The number of benzene rings is 2. The first-order valence-electron chi connectivity index (χ1n) is 15.4. The van der Waals surface area contributed by atoms with Crippen LogP contribution < -0.4 is 20.1 Å². The second-order valence-corrected chi connectivity index (χ2v) is 13.0. The van der Waals surface area contributed by atoms with Crippen LogP contribution in [0.4, 0.5) is 23.8 Å². The van der Waals surface area contributed by atoms with E-state index < -0.39 is 57.8 Å². The van der Waals surface area contributed by atoms with Crippen LogP contribution in [0.1, 0.15) is 51.8 Å². The first-order valence-corrected chi connectivity index (χ1v) is 15.4. The topological polar surface area (TPSA) is 99.0 Å². The van der Waals surface area contributed by atoms with Crippen LogP contribution in [-0.2, 0) is 4.74 Å². The van der Waals surface area contributed by atoms with Crippen molar-refractivity contribution in [3.05, 3.63) is 69.7 Å². The number of rotatable bonds is 4. The Balaban J connectivity index is 1.67. The standard InChI is InChI=1S/C34H36F3N5O5/c1-17(2)27-28(18(3)11-12-38-27)42-29-24-30(26(37)23(25(29)36)22-20(35)9-8-10-21(22)45-7)46-16-19-15-40(33(44)47-34(4,5)6)13-14-41(19)31(24)39-32(42)43/h8-12,17,19H,13-16H2,1-7H3/t19-/m1/s1. The number of pyridine rings is 1. The van der Waals surface area contributed by atoms with E-state index in [2.05, 4.69) is 9.97 Å². The number of carbonyl (C=O) groups excluding carboxylic acids is 1. The predicted octanol–water partition coefficient (Wildman–Crippen LogP) is 6.12. The van der Waals surface area contributed by atoms with Crippen molar-refractivity contribution in [3.63, 3.8) is 0 Å². The van der Waals surface area contributed by atoms with Crippen molar-refractivity contribution in [2.75, 3.05) is 38.3 Å². The molecular formula is C34H36F3N5O5. The Kier molecular flexibility index (Phi) is 8.05. The summed E-state index contributed by atoms with van der Waals surface area (Å²) in [5.74, 6) is -4.02. The van der Waals surface area contributed by atoms with Crippen molar-refractivity contribution in [2.24, 2.45) is 0 Å². The third kappa shape index (κ3) is 5.40. The lowest BCUT2D eigenvalue weighted by Crippen LogP contribution is -2.57. The number of aromatic nitrogens is 3. The summed E-state index contributed by atoms with van der Waals surface area (Å²) in [6.07, 6.45) is 1.05. The summed E-state index contributed by atoms with van der Waals surface area (Å²) in [5, 5.41) is -0.0927. The molecule has 6 rings (SSSR count). The van der Waals surface area contributed by atoms with Gasteiger partial charge in [-0.1, -0.05) is 19.9 Å². The van der Waals surface area contributed by atoms with Gasteiger partial charge < -0.3 is 24.0 Å². The Morgan fingerprint density at radius 2 is 1.83 bits per heavy atom. The minimum Gasteiger partial charge on any atom is -0.496 e. The number of amides is 1. The van der Waals surface area contributed by atoms with Crippen molar-refractivity contribution >= 4 is 22.8 Å². The number of ether oxygens (including phenoxy) is 3. The molecule has 1 atom stereocenters. The Morgan fingerprint density at radius 1 is 1.09 bits per heavy atom. The number of nitrogens with zero attached hydrogens (tertiary/aromatic N) is 5. The molecule has 0 radical (unpaired) electrons. The number of hydrogen-bond donors (Lipinski definition) is 0. The summed E-state index contributed by atoms with van der Waals surface area (Å²) in [6, 6.07) is 4.89. The van der Waals surface area contributed by atoms with E-state index in [-0.39, 0.29) is 60.3 Å². The number of aryl methyl sites for hydroxylation is 1. The molecule has 10 nitrogen and oxygen atoms in total. The number of methoxy groups -OCH3 is 1. The van der Waals surface area contributed by atoms with E-state index in [1.807, 2.05) is 13.8 Å². The van der Waals surface area contributed by atoms with Gasteiger partial charge in [-0.25, -0.2) is 22.8 Å². The van der Waals surface area contributed by atoms with Gasteiger partial charge in [0.2, 0.25) is 0 Å². The molecule has 0 N–H and O–H groups in total. The second kappa shape index (κ2) is 11.8. The summed E-state index contributed by atoms with van der Waals surface area (Å²) in [7, 11) is 1.26. The number of carbonyl (C=O) groups is 1. The van der Waals surface area contributed by atoms with E-state index in [4.69, 9.17) is 14.2 Å². The Labute approximate surface area is 269 Å². The van der Waals surface area contributed by atoms with Crippen LogP contribution in [0, 0.1) is 24.4 Å². The van der Waals surface area contributed by atoms with Crippen LogP contribution >= 0.6 is 0 Å². The summed E-state index contributed by atoms with van der Waals surface area (Å²) >= 11 is 0. The van der Waals surface area contributed by atoms with E-state index in [1.54, 1.807) is 44.9 Å². The highest BCUT2D eigenvalue weighted by Gasteiger charge is 2.40. The molecule has 1 saturated heterocycles. The molecule has 2 aromatic carbocycles. The van der Waals surface area contributed by atoms with Crippen LogP contribution in [0.15, 0.2) is 35.3 Å². The molecule has 0 saturated carbocycles. The normalized spacial score (nSPS) is 16.2. The largest absolute Gasteiger partial charge is 0.496 e. The Hall–Kier alpha value is -4.81. The molecule has 4 aromatic rings. The quantitative estimate of drug-likeness (QED) is 0.260. The highest BCUT2D eigenvalue weighted by atomic mass is 19.1. The maximum Gasteiger partial charge on any atom is 0.410 e. The summed E-state index contributed by atoms with van der Waals surface area (Å²) in [5.41, 5.74) is -1.77. The lowest BCUT2D eigenvalue weighted by Gasteiger charge is -2.41. The van der Waals surface area contributed by atoms with Gasteiger partial charge in [0.05, 0.1) is 41.0 Å². The molecule has 2 aliphatic rings. The molecule has 1 amide bonds. The minimum atomic E-state index is -1.20. The fraction of sp³-hybridized carbons (Fsp3) is 0.412. The maximum atomic E-state index is 17.3. The SMILES string of the molecule is COc1cccc(F)c1-c1c(F)c2c3c(nc(=O)n(-c4c(C)ccnc4C(C)C)c3c1F)N1CCN(C(=O)OC(C)(C)C)C[C@@H]1CO2. The highest BCUT2D eigenvalue weighted by molar-refractivity contribution is 6.01. The van der Waals surface area contributed by atoms with Crippen LogP contribution in [0.5, 0.6) is 11.5 Å². The fourth-order valence-electron chi connectivity index (χ4n) is 6.29. The summed E-state index contributed by atoms with van der Waals surface area (Å²) in [4.78, 5) is 39.3. The molecule has 13 heteroatoms. The van der Waals surface area contributed by atoms with Gasteiger partial charge in [0.25, 0.3) is 0 Å². The molecule has 0 spiro atoms. The van der Waals surface area contributed by atoms with Crippen molar-refractivity contribution in [1.29, 1.82) is 0 Å². The highest BCUT2D eigenvalue weighted by Crippen LogP contribution is 2.47. The van der Waals surface area contributed by atoms with Gasteiger partial charge in [-0.05, 0) is 57.4 Å². The van der Waals surface area contributed by atoms with Crippen molar-refractivity contribution in [2.45, 2.75) is 59.1 Å². The van der Waals surface area contributed by atoms with E-state index in [9.17, 15) is 9.59 Å². The van der Waals surface area contributed by atoms with Crippen LogP contribution in [0.3, 0.4) is 0 Å². The van der Waals surface area contributed by atoms with Crippen LogP contribution in [0.2, 0.25) is 0 Å². The zero-order chi connectivity index (χ0) is 33.9. The van der Waals surface area contributed by atoms with Crippen LogP contribution in [-0.4, -0.2) is 70.5 Å². The lowest BCUT2D eigenvalue weighted by molar-refractivity contribution is 0.0201. The van der Waals surface area contributed by atoms with Gasteiger partial charge in [0.15, 0.2) is 17.4 Å². The monoisotopic (exact) mass is 651 g/mol. The Bertz CT molecular complexity index is 1970. The number of fused-ring (bicyclic) bond motifs is 2. The number of halogens is 3. The smallest absolute Gasteiger partial charge is 0.410 e. The van der Waals surface area contributed by atoms with Gasteiger partial charge in [-0.2, -0.15) is 4.98 Å².